The summed E-state index contributed by atoms with van der Waals surface area (Å²) in [6, 6.07) is 16.4. The van der Waals surface area contributed by atoms with Gasteiger partial charge >= 0.3 is 5.97 Å². The maximum atomic E-state index is 12.3. The molecule has 4 rings (SSSR count). The quantitative estimate of drug-likeness (QED) is 0.472. The van der Waals surface area contributed by atoms with Gasteiger partial charge in [-0.15, -0.1) is 0 Å². The lowest BCUT2D eigenvalue weighted by molar-refractivity contribution is -0.136. The van der Waals surface area contributed by atoms with E-state index in [9.17, 15) is 10.1 Å². The molecule has 0 spiro atoms. The summed E-state index contributed by atoms with van der Waals surface area (Å²) in [4.78, 5) is 12.3. The van der Waals surface area contributed by atoms with Crippen LogP contribution in [0.25, 0.3) is 0 Å². The first-order valence-electron chi connectivity index (χ1n) is 10.0. The number of aryl methyl sites for hydroxylation is 3. The van der Waals surface area contributed by atoms with Crippen LogP contribution in [0.15, 0.2) is 64.4 Å². The Morgan fingerprint density at radius 2 is 1.81 bits per heavy atom. The minimum absolute atomic E-state index is 0.0133. The number of esters is 1. The predicted molar refractivity (Wildman–Crippen MR) is 116 cm³/mol. The topological polar surface area (TPSA) is 108 Å². The van der Waals surface area contributed by atoms with Crippen LogP contribution in [0.3, 0.4) is 0 Å². The molecule has 32 heavy (non-hydrogen) atoms. The van der Waals surface area contributed by atoms with Crippen molar-refractivity contribution in [3.05, 3.63) is 88.2 Å². The third-order valence-electron chi connectivity index (χ3n) is 5.02. The molecule has 1 unspecified atom stereocenters. The van der Waals surface area contributed by atoms with Crippen LogP contribution in [0.1, 0.15) is 34.1 Å². The Balaban J connectivity index is 1.52. The average molecular weight is 430 g/mol. The second-order valence-corrected chi connectivity index (χ2v) is 7.66. The standard InChI is InChI=1S/C25H22N2O5/c1-14-8-15(2)10-18(9-14)29-13-23(28)31-17-5-6-19-22(11-17)32-25(27)20(12-26)24(19)21-7-4-16(3)30-21/h4-11,24H,13,27H2,1-3H3. The molecule has 2 aromatic carbocycles. The number of benzene rings is 2. The lowest BCUT2D eigenvalue weighted by Gasteiger charge is -2.25. The number of hydrogen-bond donors (Lipinski definition) is 1. The van der Waals surface area contributed by atoms with E-state index in [1.807, 2.05) is 45.0 Å². The number of fused-ring (bicyclic) bond motifs is 1. The molecule has 0 fully saturated rings. The summed E-state index contributed by atoms with van der Waals surface area (Å²) in [7, 11) is 0. The monoisotopic (exact) mass is 430 g/mol. The van der Waals surface area contributed by atoms with Crippen molar-refractivity contribution in [3.8, 4) is 23.3 Å². The van der Waals surface area contributed by atoms with Crippen molar-refractivity contribution in [3.63, 3.8) is 0 Å². The molecule has 1 atom stereocenters. The number of carbonyl (C=O) groups is 1. The van der Waals surface area contributed by atoms with E-state index in [1.54, 1.807) is 24.3 Å². The molecule has 0 amide bonds. The van der Waals surface area contributed by atoms with Crippen LogP contribution >= 0.6 is 0 Å². The van der Waals surface area contributed by atoms with Gasteiger partial charge in [-0.2, -0.15) is 5.26 Å². The molecule has 7 heteroatoms. The van der Waals surface area contributed by atoms with Crippen LogP contribution in [0.5, 0.6) is 17.2 Å². The van der Waals surface area contributed by atoms with Crippen LogP contribution in [0.4, 0.5) is 0 Å². The summed E-state index contributed by atoms with van der Waals surface area (Å²) in [5.74, 6) is 1.50. The summed E-state index contributed by atoms with van der Waals surface area (Å²) in [5.41, 5.74) is 9.04. The smallest absolute Gasteiger partial charge is 0.349 e. The van der Waals surface area contributed by atoms with Gasteiger partial charge in [-0.1, -0.05) is 12.1 Å². The number of nitrogens with zero attached hydrogens (tertiary/aromatic N) is 1. The van der Waals surface area contributed by atoms with E-state index in [2.05, 4.69) is 6.07 Å². The fourth-order valence-corrected chi connectivity index (χ4v) is 3.72. The maximum absolute atomic E-state index is 12.3. The molecule has 7 nitrogen and oxygen atoms in total. The van der Waals surface area contributed by atoms with Crippen molar-refractivity contribution in [1.82, 2.24) is 0 Å². The van der Waals surface area contributed by atoms with E-state index >= 15 is 0 Å². The number of rotatable bonds is 5. The summed E-state index contributed by atoms with van der Waals surface area (Å²) in [5, 5.41) is 9.59. The van der Waals surface area contributed by atoms with E-state index in [0.29, 0.717) is 22.8 Å². The fourth-order valence-electron chi connectivity index (χ4n) is 3.72. The summed E-state index contributed by atoms with van der Waals surface area (Å²) in [6.45, 7) is 5.50. The van der Waals surface area contributed by atoms with Crippen LogP contribution in [0, 0.1) is 32.1 Å². The second-order valence-electron chi connectivity index (χ2n) is 7.66. The third-order valence-corrected chi connectivity index (χ3v) is 5.02. The molecule has 1 aromatic heterocycles. The van der Waals surface area contributed by atoms with Gasteiger partial charge in [0, 0.05) is 11.6 Å². The molecule has 2 N–H and O–H groups in total. The zero-order valence-electron chi connectivity index (χ0n) is 18.0. The van der Waals surface area contributed by atoms with E-state index in [-0.39, 0.29) is 23.8 Å². The highest BCUT2D eigenvalue weighted by molar-refractivity contribution is 5.74. The number of hydrogen-bond acceptors (Lipinski definition) is 7. The number of allylic oxidation sites excluding steroid dienone is 1. The maximum Gasteiger partial charge on any atom is 0.349 e. The molecule has 0 saturated heterocycles. The Hall–Kier alpha value is -4.18. The van der Waals surface area contributed by atoms with E-state index < -0.39 is 11.9 Å². The number of nitrogens with two attached hydrogens (primary N) is 1. The lowest BCUT2D eigenvalue weighted by atomic mass is 9.87. The Labute approximate surface area is 185 Å². The summed E-state index contributed by atoms with van der Waals surface area (Å²) < 4.78 is 22.4. The highest BCUT2D eigenvalue weighted by Crippen LogP contribution is 2.43. The molecule has 0 radical (unpaired) electrons. The number of carbonyl (C=O) groups excluding carboxylic acids is 1. The molecule has 0 saturated carbocycles. The lowest BCUT2D eigenvalue weighted by Crippen LogP contribution is -2.21. The first-order valence-corrected chi connectivity index (χ1v) is 10.0. The van der Waals surface area contributed by atoms with Crippen LogP contribution in [0.2, 0.25) is 0 Å². The second kappa shape index (κ2) is 8.52. The van der Waals surface area contributed by atoms with Gasteiger partial charge in [0.25, 0.3) is 0 Å². The Kier molecular flexibility index (Phi) is 5.61. The summed E-state index contributed by atoms with van der Waals surface area (Å²) >= 11 is 0. The molecule has 0 aliphatic carbocycles. The molecular formula is C25H22N2O5. The van der Waals surface area contributed by atoms with Gasteiger partial charge in [0.2, 0.25) is 5.88 Å². The largest absolute Gasteiger partial charge is 0.482 e. The van der Waals surface area contributed by atoms with Crippen molar-refractivity contribution < 1.29 is 23.4 Å². The minimum Gasteiger partial charge on any atom is -0.482 e. The van der Waals surface area contributed by atoms with Crippen molar-refractivity contribution >= 4 is 5.97 Å². The van der Waals surface area contributed by atoms with E-state index in [1.165, 1.54) is 0 Å². The fraction of sp³-hybridized carbons (Fsp3) is 0.200. The number of ether oxygens (including phenoxy) is 3. The van der Waals surface area contributed by atoms with Gasteiger partial charge in [0.15, 0.2) is 6.61 Å². The third kappa shape index (κ3) is 4.30. The molecule has 3 aromatic rings. The SMILES string of the molecule is Cc1cc(C)cc(OCC(=O)Oc2ccc3c(c2)OC(N)=C(C#N)C3c2ccc(C)o2)c1. The van der Waals surface area contributed by atoms with Gasteiger partial charge in [-0.3, -0.25) is 0 Å². The van der Waals surface area contributed by atoms with E-state index in [0.717, 1.165) is 16.9 Å². The van der Waals surface area contributed by atoms with Crippen LogP contribution < -0.4 is 19.9 Å². The molecule has 0 bridgehead atoms. The Bertz CT molecular complexity index is 1250. The van der Waals surface area contributed by atoms with Gasteiger partial charge in [0.05, 0.1) is 5.92 Å². The molecule has 1 aliphatic rings. The van der Waals surface area contributed by atoms with Crippen molar-refractivity contribution in [2.75, 3.05) is 6.61 Å². The van der Waals surface area contributed by atoms with Gasteiger partial charge < -0.3 is 24.4 Å². The normalized spacial score (nSPS) is 14.9. The van der Waals surface area contributed by atoms with Crippen molar-refractivity contribution in [1.29, 1.82) is 5.26 Å². The van der Waals surface area contributed by atoms with Crippen LogP contribution in [-0.2, 0) is 4.79 Å². The van der Waals surface area contributed by atoms with Crippen molar-refractivity contribution in [2.24, 2.45) is 5.73 Å². The van der Waals surface area contributed by atoms with Crippen molar-refractivity contribution in [2.45, 2.75) is 26.7 Å². The minimum atomic E-state index is -0.556. The van der Waals surface area contributed by atoms with Gasteiger partial charge in [-0.05, 0) is 62.2 Å². The molecule has 2 heterocycles. The Morgan fingerprint density at radius 1 is 1.06 bits per heavy atom. The molecule has 1 aliphatic heterocycles. The zero-order valence-corrected chi connectivity index (χ0v) is 18.0. The van der Waals surface area contributed by atoms with Crippen LogP contribution in [-0.4, -0.2) is 12.6 Å². The molecular weight excluding hydrogens is 408 g/mol. The number of nitriles is 1. The highest BCUT2D eigenvalue weighted by Gasteiger charge is 2.33. The number of furan rings is 1. The highest BCUT2D eigenvalue weighted by atomic mass is 16.6. The first-order chi connectivity index (χ1) is 15.3. The Morgan fingerprint density at radius 3 is 2.47 bits per heavy atom. The van der Waals surface area contributed by atoms with E-state index in [4.69, 9.17) is 24.4 Å². The first kappa shape index (κ1) is 21.1. The predicted octanol–water partition coefficient (Wildman–Crippen LogP) is 4.41. The average Bonchev–Trinajstić information content (AvgIpc) is 3.16. The molecule has 162 valence electrons. The van der Waals surface area contributed by atoms with Gasteiger partial charge in [0.1, 0.15) is 40.4 Å². The van der Waals surface area contributed by atoms with Gasteiger partial charge in [-0.25, -0.2) is 4.79 Å². The summed E-state index contributed by atoms with van der Waals surface area (Å²) in [6.07, 6.45) is 0. The zero-order chi connectivity index (χ0) is 22.8.